The third-order valence-electron chi connectivity index (χ3n) is 2.54. The average Bonchev–Trinajstić information content (AvgIpc) is 2.91. The van der Waals surface area contributed by atoms with Crippen molar-refractivity contribution in [2.24, 2.45) is 5.84 Å². The molecule has 0 aliphatic carbocycles. The SMILES string of the molecule is COCc1nc(NN)cc(N(C)Cc2ccco2)n1. The molecule has 0 radical (unpaired) electrons. The van der Waals surface area contributed by atoms with Crippen LogP contribution in [0.5, 0.6) is 0 Å². The maximum atomic E-state index is 5.40. The van der Waals surface area contributed by atoms with E-state index in [0.717, 1.165) is 11.6 Å². The monoisotopic (exact) mass is 263 g/mol. The fourth-order valence-corrected chi connectivity index (χ4v) is 1.66. The molecule has 0 bridgehead atoms. The van der Waals surface area contributed by atoms with Crippen LogP contribution in [-0.4, -0.2) is 24.1 Å². The van der Waals surface area contributed by atoms with Crippen LogP contribution in [0, 0.1) is 0 Å². The summed E-state index contributed by atoms with van der Waals surface area (Å²) in [4.78, 5) is 10.5. The molecular formula is C12H17N5O2. The first-order valence-corrected chi connectivity index (χ1v) is 5.80. The number of hydrogen-bond acceptors (Lipinski definition) is 7. The lowest BCUT2D eigenvalue weighted by Gasteiger charge is -2.18. The van der Waals surface area contributed by atoms with E-state index < -0.39 is 0 Å². The standard InChI is InChI=1S/C12H17N5O2/c1-17(7-9-4-3-5-19-9)12-6-10(16-13)14-11(15-12)8-18-2/h3-6H,7-8,13H2,1-2H3,(H,14,15,16). The Morgan fingerprint density at radius 3 is 2.95 bits per heavy atom. The summed E-state index contributed by atoms with van der Waals surface area (Å²) in [6.07, 6.45) is 1.65. The highest BCUT2D eigenvalue weighted by molar-refractivity contribution is 5.48. The summed E-state index contributed by atoms with van der Waals surface area (Å²) in [6.45, 7) is 0.942. The summed E-state index contributed by atoms with van der Waals surface area (Å²) in [5.74, 6) is 8.12. The lowest BCUT2D eigenvalue weighted by atomic mass is 10.4. The smallest absolute Gasteiger partial charge is 0.158 e. The molecule has 2 aromatic heterocycles. The van der Waals surface area contributed by atoms with Crippen molar-refractivity contribution in [2.45, 2.75) is 13.2 Å². The fraction of sp³-hybridized carbons (Fsp3) is 0.333. The molecule has 0 aliphatic rings. The van der Waals surface area contributed by atoms with E-state index in [9.17, 15) is 0 Å². The van der Waals surface area contributed by atoms with Crippen LogP contribution in [-0.2, 0) is 17.9 Å². The number of nitrogens with two attached hydrogens (primary N) is 1. The molecule has 2 aromatic rings. The molecule has 3 N–H and O–H groups in total. The van der Waals surface area contributed by atoms with Gasteiger partial charge in [-0.1, -0.05) is 0 Å². The van der Waals surface area contributed by atoms with Crippen LogP contribution in [0.4, 0.5) is 11.6 Å². The molecule has 2 rings (SSSR count). The van der Waals surface area contributed by atoms with Crippen LogP contribution < -0.4 is 16.2 Å². The van der Waals surface area contributed by atoms with E-state index in [1.165, 1.54) is 0 Å². The van der Waals surface area contributed by atoms with Gasteiger partial charge in [-0.05, 0) is 12.1 Å². The number of hydrogen-bond donors (Lipinski definition) is 2. The number of hydrazine groups is 1. The number of furan rings is 1. The molecule has 0 atom stereocenters. The molecule has 0 saturated heterocycles. The molecule has 0 fully saturated rings. The summed E-state index contributed by atoms with van der Waals surface area (Å²) in [5, 5.41) is 0. The Hall–Kier alpha value is -2.12. The highest BCUT2D eigenvalue weighted by Crippen LogP contribution is 2.17. The number of nitrogens with one attached hydrogen (secondary N) is 1. The van der Waals surface area contributed by atoms with Crippen molar-refractivity contribution in [3.05, 3.63) is 36.0 Å². The largest absolute Gasteiger partial charge is 0.467 e. The summed E-state index contributed by atoms with van der Waals surface area (Å²) in [6, 6.07) is 5.53. The van der Waals surface area contributed by atoms with E-state index >= 15 is 0 Å². The lowest BCUT2D eigenvalue weighted by Crippen LogP contribution is -2.20. The first kappa shape index (κ1) is 13.3. The Balaban J connectivity index is 2.19. The van der Waals surface area contributed by atoms with Crippen LogP contribution in [0.25, 0.3) is 0 Å². The average molecular weight is 263 g/mol. The van der Waals surface area contributed by atoms with Gasteiger partial charge in [0.15, 0.2) is 5.82 Å². The molecule has 7 nitrogen and oxygen atoms in total. The lowest BCUT2D eigenvalue weighted by molar-refractivity contribution is 0.178. The van der Waals surface area contributed by atoms with Gasteiger partial charge in [0.05, 0.1) is 12.8 Å². The van der Waals surface area contributed by atoms with Gasteiger partial charge in [0.2, 0.25) is 0 Å². The van der Waals surface area contributed by atoms with Crippen LogP contribution in [0.2, 0.25) is 0 Å². The second-order valence-corrected chi connectivity index (χ2v) is 4.04. The fourth-order valence-electron chi connectivity index (χ4n) is 1.66. The zero-order valence-electron chi connectivity index (χ0n) is 11.0. The molecule has 7 heteroatoms. The van der Waals surface area contributed by atoms with E-state index in [-0.39, 0.29) is 0 Å². The number of anilines is 2. The van der Waals surface area contributed by atoms with Crippen molar-refractivity contribution in [3.63, 3.8) is 0 Å². The van der Waals surface area contributed by atoms with Gasteiger partial charge in [-0.3, -0.25) is 0 Å². The minimum atomic E-state index is 0.330. The van der Waals surface area contributed by atoms with Gasteiger partial charge >= 0.3 is 0 Å². The maximum absolute atomic E-state index is 5.40. The molecular weight excluding hydrogens is 246 g/mol. The van der Waals surface area contributed by atoms with Crippen molar-refractivity contribution in [3.8, 4) is 0 Å². The first-order chi connectivity index (χ1) is 9.22. The van der Waals surface area contributed by atoms with E-state index in [1.54, 1.807) is 19.4 Å². The zero-order valence-corrected chi connectivity index (χ0v) is 11.0. The molecule has 0 spiro atoms. The number of aromatic nitrogens is 2. The molecule has 0 saturated carbocycles. The summed E-state index contributed by atoms with van der Waals surface area (Å²) >= 11 is 0. The predicted molar refractivity (Wildman–Crippen MR) is 71.4 cm³/mol. The molecule has 0 aliphatic heterocycles. The highest BCUT2D eigenvalue weighted by atomic mass is 16.5. The van der Waals surface area contributed by atoms with E-state index in [2.05, 4.69) is 15.4 Å². The van der Waals surface area contributed by atoms with Crippen LogP contribution in [0.1, 0.15) is 11.6 Å². The van der Waals surface area contributed by atoms with Gasteiger partial charge in [-0.15, -0.1) is 0 Å². The molecule has 19 heavy (non-hydrogen) atoms. The topological polar surface area (TPSA) is 89.4 Å². The first-order valence-electron chi connectivity index (χ1n) is 5.80. The molecule has 2 heterocycles. The van der Waals surface area contributed by atoms with E-state index in [0.29, 0.717) is 24.8 Å². The minimum absolute atomic E-state index is 0.330. The predicted octanol–water partition coefficient (Wildman–Crippen LogP) is 1.14. The van der Waals surface area contributed by atoms with Gasteiger partial charge in [-0.25, -0.2) is 15.8 Å². The molecule has 0 unspecified atom stereocenters. The Bertz CT molecular complexity index is 515. The normalized spacial score (nSPS) is 10.5. The van der Waals surface area contributed by atoms with Crippen molar-refractivity contribution in [1.82, 2.24) is 9.97 Å². The number of ether oxygens (including phenoxy) is 1. The van der Waals surface area contributed by atoms with Crippen molar-refractivity contribution >= 4 is 11.6 Å². The quantitative estimate of drug-likeness (QED) is 0.596. The molecule has 0 amide bonds. The van der Waals surface area contributed by atoms with Crippen LogP contribution in [0.3, 0.4) is 0 Å². The molecule has 0 aromatic carbocycles. The van der Waals surface area contributed by atoms with Crippen LogP contribution >= 0.6 is 0 Å². The van der Waals surface area contributed by atoms with Gasteiger partial charge in [0, 0.05) is 20.2 Å². The Kier molecular flexibility index (Phi) is 4.32. The van der Waals surface area contributed by atoms with E-state index in [1.807, 2.05) is 24.1 Å². The van der Waals surface area contributed by atoms with Gasteiger partial charge in [0.25, 0.3) is 0 Å². The second kappa shape index (κ2) is 6.17. The Morgan fingerprint density at radius 1 is 1.47 bits per heavy atom. The number of methoxy groups -OCH3 is 1. The third-order valence-corrected chi connectivity index (χ3v) is 2.54. The third kappa shape index (κ3) is 3.43. The van der Waals surface area contributed by atoms with Crippen molar-refractivity contribution < 1.29 is 9.15 Å². The van der Waals surface area contributed by atoms with Gasteiger partial charge < -0.3 is 19.5 Å². The van der Waals surface area contributed by atoms with Crippen molar-refractivity contribution in [2.75, 3.05) is 24.5 Å². The summed E-state index contributed by atoms with van der Waals surface area (Å²) in [5.41, 5.74) is 2.52. The number of nitrogen functional groups attached to an aromatic ring is 1. The minimum Gasteiger partial charge on any atom is -0.467 e. The Morgan fingerprint density at radius 2 is 2.32 bits per heavy atom. The zero-order chi connectivity index (χ0) is 13.7. The molecule has 102 valence electrons. The van der Waals surface area contributed by atoms with Crippen LogP contribution in [0.15, 0.2) is 28.9 Å². The van der Waals surface area contributed by atoms with E-state index in [4.69, 9.17) is 15.0 Å². The van der Waals surface area contributed by atoms with Gasteiger partial charge in [-0.2, -0.15) is 0 Å². The summed E-state index contributed by atoms with van der Waals surface area (Å²) in [7, 11) is 3.51. The second-order valence-electron chi connectivity index (χ2n) is 4.04. The van der Waals surface area contributed by atoms with Crippen molar-refractivity contribution in [1.29, 1.82) is 0 Å². The number of rotatable bonds is 6. The maximum Gasteiger partial charge on any atom is 0.158 e. The Labute approximate surface area is 111 Å². The highest BCUT2D eigenvalue weighted by Gasteiger charge is 2.09. The number of nitrogens with zero attached hydrogens (tertiary/aromatic N) is 3. The van der Waals surface area contributed by atoms with Gasteiger partial charge in [0.1, 0.15) is 24.0 Å². The summed E-state index contributed by atoms with van der Waals surface area (Å²) < 4.78 is 10.3.